The Hall–Kier alpha value is 0.130. The smallest absolute Gasteiger partial charge is 0.205 e. The van der Waals surface area contributed by atoms with Crippen LogP contribution < -0.4 is 0 Å². The van der Waals surface area contributed by atoms with E-state index >= 15 is 0 Å². The Morgan fingerprint density at radius 2 is 1.71 bits per heavy atom. The van der Waals surface area contributed by atoms with Crippen LogP contribution in [0.5, 0.6) is 0 Å². The second-order valence-electron chi connectivity index (χ2n) is 2.79. The van der Waals surface area contributed by atoms with Gasteiger partial charge in [0.15, 0.2) is 9.84 Å². The van der Waals surface area contributed by atoms with Gasteiger partial charge in [0.25, 0.3) is 0 Å². The average Bonchev–Trinajstić information content (AvgIpc) is 2.19. The molecule has 14 heavy (non-hydrogen) atoms. The summed E-state index contributed by atoms with van der Waals surface area (Å²) in [6.45, 7) is 1.62. The first-order chi connectivity index (χ1) is 6.42. The van der Waals surface area contributed by atoms with Gasteiger partial charge in [-0.05, 0) is 37.4 Å². The van der Waals surface area contributed by atoms with E-state index in [4.69, 9.17) is 0 Å². The minimum Gasteiger partial charge on any atom is -0.226 e. The van der Waals surface area contributed by atoms with Gasteiger partial charge in [-0.1, -0.05) is 37.3 Å². The molecule has 0 amide bonds. The number of alkyl halides is 2. The molecule has 5 heteroatoms. The van der Waals surface area contributed by atoms with Crippen LogP contribution in [0.15, 0.2) is 30.3 Å². The molecule has 0 aromatic heterocycles. The first-order valence-corrected chi connectivity index (χ1v) is 7.31. The summed E-state index contributed by atoms with van der Waals surface area (Å²) < 4.78 is 22.3. The van der Waals surface area contributed by atoms with Gasteiger partial charge in [-0.2, -0.15) is 0 Å². The van der Waals surface area contributed by atoms with Crippen LogP contribution in [0.3, 0.4) is 0 Å². The molecule has 0 aliphatic carbocycles. The van der Waals surface area contributed by atoms with Gasteiger partial charge in [-0.15, -0.1) is 0 Å². The molecule has 0 bridgehead atoms. The zero-order valence-corrected chi connectivity index (χ0v) is 11.6. The minimum atomic E-state index is -3.22. The first-order valence-electron chi connectivity index (χ1n) is 4.07. The molecule has 0 N–H and O–H groups in total. The van der Waals surface area contributed by atoms with Crippen molar-refractivity contribution in [1.29, 1.82) is 0 Å². The lowest BCUT2D eigenvalue weighted by molar-refractivity contribution is 0.594. The average molecular weight is 342 g/mol. The summed E-state index contributed by atoms with van der Waals surface area (Å²) in [7, 11) is -3.22. The second-order valence-corrected chi connectivity index (χ2v) is 9.70. The molecule has 0 atom stereocenters. The van der Waals surface area contributed by atoms with Gasteiger partial charge in [0.2, 0.25) is 2.57 Å². The maximum Gasteiger partial charge on any atom is 0.205 e. The summed E-state index contributed by atoms with van der Waals surface area (Å²) in [5, 5.41) is 0. The van der Waals surface area contributed by atoms with E-state index in [0.717, 1.165) is 0 Å². The molecule has 0 radical (unpaired) electrons. The summed E-state index contributed by atoms with van der Waals surface area (Å²) >= 11 is 6.40. The van der Waals surface area contributed by atoms with Crippen LogP contribution in [0.2, 0.25) is 0 Å². The van der Waals surface area contributed by atoms with Crippen LogP contribution in [-0.2, 0) is 12.4 Å². The third kappa shape index (κ3) is 2.20. The third-order valence-corrected chi connectivity index (χ3v) is 7.53. The Balaban J connectivity index is 3.22. The molecule has 1 rings (SSSR count). The summed E-state index contributed by atoms with van der Waals surface area (Å²) in [6, 6.07) is 8.97. The fourth-order valence-electron chi connectivity index (χ4n) is 0.993. The molecule has 0 spiro atoms. The van der Waals surface area contributed by atoms with Gasteiger partial charge in [0.1, 0.15) is 0 Å². The lowest BCUT2D eigenvalue weighted by Gasteiger charge is -2.20. The Morgan fingerprint density at radius 1 is 1.21 bits per heavy atom. The van der Waals surface area contributed by atoms with Gasteiger partial charge in [0.05, 0.1) is 5.75 Å². The standard InChI is InChI=1S/C9H10Br2O2S/c1-2-14(12,13)9(10,11)8-6-4-3-5-7-8/h3-7H,2H2,1H3. The topological polar surface area (TPSA) is 34.1 Å². The number of benzene rings is 1. The maximum atomic E-state index is 11.7. The van der Waals surface area contributed by atoms with E-state index in [-0.39, 0.29) is 5.75 Å². The number of rotatable bonds is 3. The maximum absolute atomic E-state index is 11.7. The molecule has 0 aliphatic rings. The number of hydrogen-bond acceptors (Lipinski definition) is 2. The van der Waals surface area contributed by atoms with Gasteiger partial charge in [-0.25, -0.2) is 8.42 Å². The number of sulfone groups is 1. The molecule has 2 nitrogen and oxygen atoms in total. The fourth-order valence-corrected chi connectivity index (χ4v) is 3.75. The predicted molar refractivity (Wildman–Crippen MR) is 65.4 cm³/mol. The van der Waals surface area contributed by atoms with Crippen molar-refractivity contribution >= 4 is 41.7 Å². The SMILES string of the molecule is CCS(=O)(=O)C(Br)(Br)c1ccccc1. The fraction of sp³-hybridized carbons (Fsp3) is 0.333. The van der Waals surface area contributed by atoms with Crippen LogP contribution in [0, 0.1) is 0 Å². The summed E-state index contributed by atoms with van der Waals surface area (Å²) in [5.74, 6) is 0.0817. The molecule has 78 valence electrons. The zero-order valence-electron chi connectivity index (χ0n) is 7.57. The molecule has 0 heterocycles. The predicted octanol–water partition coefficient (Wildman–Crippen LogP) is 3.02. The minimum absolute atomic E-state index is 0.0817. The van der Waals surface area contributed by atoms with Crippen LogP contribution in [0.25, 0.3) is 0 Å². The van der Waals surface area contributed by atoms with Crippen molar-refractivity contribution < 1.29 is 8.42 Å². The van der Waals surface area contributed by atoms with Crippen molar-refractivity contribution in [3.05, 3.63) is 35.9 Å². The quantitative estimate of drug-likeness (QED) is 0.792. The highest BCUT2D eigenvalue weighted by Gasteiger charge is 2.38. The molecular weight excluding hydrogens is 332 g/mol. The highest BCUT2D eigenvalue weighted by molar-refractivity contribution is 9.27. The summed E-state index contributed by atoms with van der Waals surface area (Å²) in [6.07, 6.45) is 0. The van der Waals surface area contributed by atoms with Crippen molar-refractivity contribution in [3.8, 4) is 0 Å². The lowest BCUT2D eigenvalue weighted by Crippen LogP contribution is -2.24. The number of hydrogen-bond donors (Lipinski definition) is 0. The van der Waals surface area contributed by atoms with Gasteiger partial charge in [-0.3, -0.25) is 0 Å². The van der Waals surface area contributed by atoms with E-state index in [2.05, 4.69) is 31.9 Å². The molecular formula is C9H10Br2O2S. The molecule has 0 saturated carbocycles. The van der Waals surface area contributed by atoms with Gasteiger partial charge in [0, 0.05) is 0 Å². The van der Waals surface area contributed by atoms with Crippen molar-refractivity contribution in [3.63, 3.8) is 0 Å². The molecule has 0 unspecified atom stereocenters. The van der Waals surface area contributed by atoms with Crippen molar-refractivity contribution in [2.24, 2.45) is 0 Å². The van der Waals surface area contributed by atoms with E-state index < -0.39 is 12.4 Å². The van der Waals surface area contributed by atoms with Crippen LogP contribution >= 0.6 is 31.9 Å². The van der Waals surface area contributed by atoms with Crippen molar-refractivity contribution in [1.82, 2.24) is 0 Å². The van der Waals surface area contributed by atoms with Crippen molar-refractivity contribution in [2.45, 2.75) is 9.49 Å². The Bertz CT molecular complexity index is 398. The third-order valence-electron chi connectivity index (χ3n) is 1.88. The monoisotopic (exact) mass is 340 g/mol. The Kier molecular flexibility index (Phi) is 3.77. The molecule has 0 aliphatic heterocycles. The van der Waals surface area contributed by atoms with E-state index in [1.165, 1.54) is 0 Å². The molecule has 0 saturated heterocycles. The van der Waals surface area contributed by atoms with Crippen LogP contribution in [-0.4, -0.2) is 14.2 Å². The summed E-state index contributed by atoms with van der Waals surface area (Å²) in [5.41, 5.74) is 0.682. The zero-order chi connectivity index (χ0) is 10.8. The molecule has 0 fully saturated rings. The highest BCUT2D eigenvalue weighted by atomic mass is 79.9. The molecule has 1 aromatic rings. The van der Waals surface area contributed by atoms with E-state index in [1.54, 1.807) is 31.2 Å². The second kappa shape index (κ2) is 4.33. The van der Waals surface area contributed by atoms with Crippen LogP contribution in [0.1, 0.15) is 12.5 Å². The largest absolute Gasteiger partial charge is 0.226 e. The van der Waals surface area contributed by atoms with Gasteiger partial charge < -0.3 is 0 Å². The molecule has 1 aromatic carbocycles. The van der Waals surface area contributed by atoms with E-state index in [9.17, 15) is 8.42 Å². The van der Waals surface area contributed by atoms with Crippen molar-refractivity contribution in [2.75, 3.05) is 5.75 Å². The van der Waals surface area contributed by atoms with E-state index in [1.807, 2.05) is 6.07 Å². The number of halogens is 2. The Morgan fingerprint density at radius 3 is 2.14 bits per heavy atom. The first kappa shape index (κ1) is 12.2. The summed E-state index contributed by atoms with van der Waals surface area (Å²) in [4.78, 5) is 0. The normalized spacial score (nSPS) is 12.8. The Labute approximate surface area is 101 Å². The highest BCUT2D eigenvalue weighted by Crippen LogP contribution is 2.43. The van der Waals surface area contributed by atoms with Crippen LogP contribution in [0.4, 0.5) is 0 Å². The van der Waals surface area contributed by atoms with Gasteiger partial charge >= 0.3 is 0 Å². The van der Waals surface area contributed by atoms with E-state index in [0.29, 0.717) is 5.56 Å². The lowest BCUT2D eigenvalue weighted by atomic mass is 10.2.